The molecule has 3 rings (SSSR count). The van der Waals surface area contributed by atoms with E-state index < -0.39 is 18.0 Å². The lowest BCUT2D eigenvalue weighted by atomic mass is 9.94. The van der Waals surface area contributed by atoms with E-state index in [9.17, 15) is 9.59 Å². The first-order valence-electron chi connectivity index (χ1n) is 9.21. The molecule has 1 heterocycles. The third kappa shape index (κ3) is 4.80. The molecule has 0 saturated carbocycles. The van der Waals surface area contributed by atoms with Crippen molar-refractivity contribution in [3.63, 3.8) is 0 Å². The van der Waals surface area contributed by atoms with E-state index in [0.29, 0.717) is 34.4 Å². The summed E-state index contributed by atoms with van der Waals surface area (Å²) in [4.78, 5) is 23.9. The van der Waals surface area contributed by atoms with Crippen molar-refractivity contribution < 1.29 is 19.1 Å². The molecule has 7 nitrogen and oxygen atoms in total. The summed E-state index contributed by atoms with van der Waals surface area (Å²) in [5.41, 5.74) is 7.60. The number of ether oxygens (including phenoxy) is 2. The number of carbonyl (C=O) groups excluding carboxylic acids is 2. The number of halogens is 2. The van der Waals surface area contributed by atoms with Gasteiger partial charge in [0, 0.05) is 10.7 Å². The van der Waals surface area contributed by atoms with E-state index in [-0.39, 0.29) is 17.2 Å². The smallest absolute Gasteiger partial charge is 0.319 e. The number of nitrogens with two attached hydrogens (primary N) is 1. The predicted molar refractivity (Wildman–Crippen MR) is 115 cm³/mol. The van der Waals surface area contributed by atoms with Crippen LogP contribution in [0.4, 0.5) is 4.79 Å². The van der Waals surface area contributed by atoms with Crippen LogP contribution in [0.5, 0.6) is 11.5 Å². The summed E-state index contributed by atoms with van der Waals surface area (Å²) in [6.45, 7) is 4.06. The lowest BCUT2D eigenvalue weighted by Gasteiger charge is -2.28. The molecule has 3 amide bonds. The molecule has 1 aliphatic heterocycles. The van der Waals surface area contributed by atoms with Crippen molar-refractivity contribution in [1.29, 1.82) is 0 Å². The van der Waals surface area contributed by atoms with Crippen LogP contribution in [0.1, 0.15) is 31.0 Å². The first-order chi connectivity index (χ1) is 14.3. The summed E-state index contributed by atoms with van der Waals surface area (Å²) in [5.74, 6) is 0.101. The van der Waals surface area contributed by atoms with Crippen molar-refractivity contribution in [1.82, 2.24) is 10.6 Å². The second-order valence-corrected chi connectivity index (χ2v) is 7.46. The molecule has 0 bridgehead atoms. The van der Waals surface area contributed by atoms with Crippen molar-refractivity contribution >= 4 is 35.1 Å². The van der Waals surface area contributed by atoms with Crippen LogP contribution >= 0.6 is 23.2 Å². The van der Waals surface area contributed by atoms with Crippen molar-refractivity contribution in [2.24, 2.45) is 5.73 Å². The van der Waals surface area contributed by atoms with E-state index in [4.69, 9.17) is 38.4 Å². The van der Waals surface area contributed by atoms with Gasteiger partial charge in [0.15, 0.2) is 11.5 Å². The van der Waals surface area contributed by atoms with Crippen LogP contribution in [0.3, 0.4) is 0 Å². The zero-order valence-corrected chi connectivity index (χ0v) is 17.9. The fraction of sp³-hybridized carbons (Fsp3) is 0.238. The molecule has 0 spiro atoms. The minimum atomic E-state index is -0.765. The molecule has 2 aromatic rings. The van der Waals surface area contributed by atoms with Crippen molar-refractivity contribution in [2.45, 2.75) is 26.5 Å². The molecular formula is C21H21Cl2N3O4. The van der Waals surface area contributed by atoms with Crippen LogP contribution in [0.25, 0.3) is 0 Å². The number of urea groups is 1. The van der Waals surface area contributed by atoms with Crippen molar-refractivity contribution in [3.05, 3.63) is 68.8 Å². The Morgan fingerprint density at radius 3 is 2.50 bits per heavy atom. The summed E-state index contributed by atoms with van der Waals surface area (Å²) >= 11 is 12.4. The molecule has 0 aromatic heterocycles. The highest BCUT2D eigenvalue weighted by molar-refractivity contribution is 6.32. The average molecular weight is 450 g/mol. The Kier molecular flexibility index (Phi) is 6.74. The van der Waals surface area contributed by atoms with E-state index in [2.05, 4.69) is 10.6 Å². The topological polar surface area (TPSA) is 103 Å². The number of hydrogen-bond acceptors (Lipinski definition) is 4. The molecule has 0 unspecified atom stereocenters. The Morgan fingerprint density at radius 2 is 1.87 bits per heavy atom. The summed E-state index contributed by atoms with van der Waals surface area (Å²) in [6, 6.07) is 9.33. The Bertz CT molecular complexity index is 1010. The maximum atomic E-state index is 12.0. The number of hydrogen-bond donors (Lipinski definition) is 3. The second kappa shape index (κ2) is 9.28. The van der Waals surface area contributed by atoms with E-state index in [0.717, 1.165) is 5.56 Å². The molecule has 1 atom stereocenters. The minimum absolute atomic E-state index is 0.239. The average Bonchev–Trinajstić information content (AvgIpc) is 2.67. The van der Waals surface area contributed by atoms with E-state index in [1.54, 1.807) is 31.2 Å². The van der Waals surface area contributed by atoms with Gasteiger partial charge in [0.1, 0.15) is 6.61 Å². The lowest BCUT2D eigenvalue weighted by Crippen LogP contribution is -2.46. The van der Waals surface area contributed by atoms with E-state index in [1.807, 2.05) is 19.1 Å². The van der Waals surface area contributed by atoms with Crippen LogP contribution in [0, 0.1) is 0 Å². The highest BCUT2D eigenvalue weighted by Crippen LogP contribution is 2.40. The van der Waals surface area contributed by atoms with Gasteiger partial charge >= 0.3 is 6.03 Å². The fourth-order valence-corrected chi connectivity index (χ4v) is 3.56. The molecular weight excluding hydrogens is 429 g/mol. The predicted octanol–water partition coefficient (Wildman–Crippen LogP) is 4.08. The third-order valence-electron chi connectivity index (χ3n) is 4.50. The molecule has 1 aliphatic rings. The number of amides is 3. The lowest BCUT2D eigenvalue weighted by molar-refractivity contribution is -0.115. The Labute approximate surface area is 184 Å². The number of carbonyl (C=O) groups is 2. The number of primary amides is 1. The van der Waals surface area contributed by atoms with Crippen LogP contribution in [-0.4, -0.2) is 18.5 Å². The maximum absolute atomic E-state index is 12.0. The Morgan fingerprint density at radius 1 is 1.17 bits per heavy atom. The van der Waals surface area contributed by atoms with E-state index >= 15 is 0 Å². The van der Waals surface area contributed by atoms with Gasteiger partial charge in [-0.25, -0.2) is 4.79 Å². The number of benzene rings is 2. The van der Waals surface area contributed by atoms with Gasteiger partial charge in [-0.3, -0.25) is 4.79 Å². The minimum Gasteiger partial charge on any atom is -0.490 e. The standard InChI is InChI=1S/C21H21Cl2N3O4/c1-3-29-16-9-13(18-17(20(24)27)11(2)25-21(28)26-18)8-15(23)19(16)30-10-12-4-6-14(22)7-5-12/h4-9,18H,3,10H2,1-2H3,(H2,24,27)(H2,25,26,28)/t18-/m0/s1. The normalized spacial score (nSPS) is 16.0. The zero-order valence-electron chi connectivity index (χ0n) is 16.4. The molecule has 0 aliphatic carbocycles. The highest BCUT2D eigenvalue weighted by atomic mass is 35.5. The largest absolute Gasteiger partial charge is 0.490 e. The monoisotopic (exact) mass is 449 g/mol. The van der Waals surface area contributed by atoms with Crippen LogP contribution in [0.2, 0.25) is 10.0 Å². The van der Waals surface area contributed by atoms with Crippen LogP contribution in [-0.2, 0) is 11.4 Å². The van der Waals surface area contributed by atoms with Crippen LogP contribution < -0.4 is 25.8 Å². The van der Waals surface area contributed by atoms with Gasteiger partial charge in [0.2, 0.25) is 5.91 Å². The van der Waals surface area contributed by atoms with Gasteiger partial charge in [-0.05, 0) is 49.2 Å². The van der Waals surface area contributed by atoms with Gasteiger partial charge in [0.05, 0.1) is 23.2 Å². The molecule has 2 aromatic carbocycles. The maximum Gasteiger partial charge on any atom is 0.319 e. The summed E-state index contributed by atoms with van der Waals surface area (Å²) < 4.78 is 11.6. The number of rotatable bonds is 7. The van der Waals surface area contributed by atoms with Gasteiger partial charge in [-0.1, -0.05) is 35.3 Å². The van der Waals surface area contributed by atoms with Crippen LogP contribution in [0.15, 0.2) is 47.7 Å². The molecule has 0 saturated heterocycles. The Balaban J connectivity index is 1.96. The molecule has 4 N–H and O–H groups in total. The Hall–Kier alpha value is -2.90. The molecule has 158 valence electrons. The first kappa shape index (κ1) is 21.8. The summed E-state index contributed by atoms with van der Waals surface area (Å²) in [7, 11) is 0. The number of allylic oxidation sites excluding steroid dienone is 1. The summed E-state index contributed by atoms with van der Waals surface area (Å²) in [5, 5.41) is 6.16. The van der Waals surface area contributed by atoms with E-state index in [1.165, 1.54) is 0 Å². The molecule has 9 heteroatoms. The quantitative estimate of drug-likeness (QED) is 0.592. The zero-order chi connectivity index (χ0) is 21.8. The van der Waals surface area contributed by atoms with Gasteiger partial charge in [-0.15, -0.1) is 0 Å². The molecule has 0 radical (unpaired) electrons. The third-order valence-corrected chi connectivity index (χ3v) is 5.03. The van der Waals surface area contributed by atoms with Gasteiger partial charge < -0.3 is 25.8 Å². The van der Waals surface area contributed by atoms with Gasteiger partial charge in [0.25, 0.3) is 0 Å². The molecule has 0 fully saturated rings. The SMILES string of the molecule is CCOc1cc([C@@H]2NC(=O)NC(C)=C2C(N)=O)cc(Cl)c1OCc1ccc(Cl)cc1. The van der Waals surface area contributed by atoms with Gasteiger partial charge in [-0.2, -0.15) is 0 Å². The first-order valence-corrected chi connectivity index (χ1v) is 9.97. The highest BCUT2D eigenvalue weighted by Gasteiger charge is 2.31. The van der Waals surface area contributed by atoms with Crippen molar-refractivity contribution in [3.8, 4) is 11.5 Å². The van der Waals surface area contributed by atoms with Crippen molar-refractivity contribution in [2.75, 3.05) is 6.61 Å². The fourth-order valence-electron chi connectivity index (χ4n) is 3.16. The molecule has 30 heavy (non-hydrogen) atoms. The second-order valence-electron chi connectivity index (χ2n) is 6.61. The summed E-state index contributed by atoms with van der Waals surface area (Å²) in [6.07, 6.45) is 0. The number of nitrogens with one attached hydrogen (secondary N) is 2.